The van der Waals surface area contributed by atoms with Crippen LogP contribution < -0.4 is 0 Å². The van der Waals surface area contributed by atoms with Gasteiger partial charge < -0.3 is 0 Å². The molecule has 0 aromatic carbocycles. The third-order valence-electron chi connectivity index (χ3n) is 2.29. The lowest BCUT2D eigenvalue weighted by atomic mass is 10.1. The van der Waals surface area contributed by atoms with Crippen molar-refractivity contribution in [1.82, 2.24) is 9.97 Å². The van der Waals surface area contributed by atoms with Crippen LogP contribution in [0.4, 0.5) is 0 Å². The van der Waals surface area contributed by atoms with E-state index in [-0.39, 0.29) is 0 Å². The first-order valence-electron chi connectivity index (χ1n) is 5.07. The van der Waals surface area contributed by atoms with Crippen molar-refractivity contribution in [2.45, 2.75) is 39.0 Å². The minimum absolute atomic E-state index is 0.673. The molecule has 1 aliphatic rings. The third-order valence-corrected chi connectivity index (χ3v) is 2.29. The normalized spacial score (nSPS) is 16.5. The Labute approximate surface area is 79.4 Å². The Morgan fingerprint density at radius 1 is 1.46 bits per heavy atom. The smallest absolute Gasteiger partial charge is 0.131 e. The van der Waals surface area contributed by atoms with E-state index < -0.39 is 0 Å². The standard InChI is InChI=1S/C11H16N2/c1-8(2)7-10-5-6-12-11(13-10)9-3-4-9/h5-6,8-9H,3-4,7H2,1-2H3. The Morgan fingerprint density at radius 3 is 2.85 bits per heavy atom. The van der Waals surface area contributed by atoms with Crippen LogP contribution in [0.3, 0.4) is 0 Å². The number of hydrogen-bond acceptors (Lipinski definition) is 2. The minimum atomic E-state index is 0.673. The second kappa shape index (κ2) is 3.44. The summed E-state index contributed by atoms with van der Waals surface area (Å²) < 4.78 is 0. The van der Waals surface area contributed by atoms with Gasteiger partial charge in [-0.2, -0.15) is 0 Å². The van der Waals surface area contributed by atoms with Gasteiger partial charge in [0.15, 0.2) is 0 Å². The van der Waals surface area contributed by atoms with Crippen LogP contribution in [0.25, 0.3) is 0 Å². The topological polar surface area (TPSA) is 25.8 Å². The van der Waals surface area contributed by atoms with Crippen molar-refractivity contribution in [2.75, 3.05) is 0 Å². The van der Waals surface area contributed by atoms with E-state index in [0.29, 0.717) is 11.8 Å². The van der Waals surface area contributed by atoms with Crippen LogP contribution in [0, 0.1) is 5.92 Å². The summed E-state index contributed by atoms with van der Waals surface area (Å²) >= 11 is 0. The third kappa shape index (κ3) is 2.27. The van der Waals surface area contributed by atoms with Gasteiger partial charge in [0.1, 0.15) is 5.82 Å². The summed E-state index contributed by atoms with van der Waals surface area (Å²) in [7, 11) is 0. The molecule has 2 rings (SSSR count). The van der Waals surface area contributed by atoms with Gasteiger partial charge in [-0.25, -0.2) is 9.97 Å². The predicted octanol–water partition coefficient (Wildman–Crippen LogP) is 2.55. The van der Waals surface area contributed by atoms with Crippen molar-refractivity contribution >= 4 is 0 Å². The maximum Gasteiger partial charge on any atom is 0.131 e. The minimum Gasteiger partial charge on any atom is -0.241 e. The molecule has 1 heterocycles. The van der Waals surface area contributed by atoms with Gasteiger partial charge in [-0.15, -0.1) is 0 Å². The summed E-state index contributed by atoms with van der Waals surface area (Å²) in [6, 6.07) is 2.03. The molecule has 1 aromatic heterocycles. The SMILES string of the molecule is CC(C)Cc1ccnc(C2CC2)n1. The fraction of sp³-hybridized carbons (Fsp3) is 0.636. The molecular formula is C11H16N2. The van der Waals surface area contributed by atoms with Crippen LogP contribution in [0.15, 0.2) is 12.3 Å². The molecular weight excluding hydrogens is 160 g/mol. The average molecular weight is 176 g/mol. The monoisotopic (exact) mass is 176 g/mol. The first-order valence-corrected chi connectivity index (χ1v) is 5.07. The first-order chi connectivity index (χ1) is 6.25. The maximum atomic E-state index is 4.56. The molecule has 70 valence electrons. The number of nitrogens with zero attached hydrogens (tertiary/aromatic N) is 2. The Balaban J connectivity index is 2.12. The second-order valence-corrected chi connectivity index (χ2v) is 4.28. The molecule has 0 unspecified atom stereocenters. The van der Waals surface area contributed by atoms with Gasteiger partial charge in [-0.05, 0) is 31.2 Å². The lowest BCUT2D eigenvalue weighted by molar-refractivity contribution is 0.630. The molecule has 0 spiro atoms. The van der Waals surface area contributed by atoms with Gasteiger partial charge in [0.2, 0.25) is 0 Å². The van der Waals surface area contributed by atoms with Gasteiger partial charge in [0, 0.05) is 17.8 Å². The van der Waals surface area contributed by atoms with Crippen LogP contribution in [-0.2, 0) is 6.42 Å². The Kier molecular flexibility index (Phi) is 2.30. The zero-order valence-electron chi connectivity index (χ0n) is 8.33. The van der Waals surface area contributed by atoms with E-state index in [2.05, 4.69) is 23.8 Å². The average Bonchev–Trinajstić information content (AvgIpc) is 2.85. The molecule has 1 aromatic rings. The van der Waals surface area contributed by atoms with Crippen LogP contribution in [0.2, 0.25) is 0 Å². The highest BCUT2D eigenvalue weighted by Crippen LogP contribution is 2.37. The molecule has 0 amide bonds. The molecule has 0 radical (unpaired) electrons. The highest BCUT2D eigenvalue weighted by Gasteiger charge is 2.26. The largest absolute Gasteiger partial charge is 0.241 e. The van der Waals surface area contributed by atoms with E-state index in [0.717, 1.165) is 12.2 Å². The van der Waals surface area contributed by atoms with Gasteiger partial charge in [-0.3, -0.25) is 0 Å². The molecule has 0 bridgehead atoms. The summed E-state index contributed by atoms with van der Waals surface area (Å²) in [6.45, 7) is 4.44. The molecule has 0 N–H and O–H groups in total. The van der Waals surface area contributed by atoms with Crippen molar-refractivity contribution in [3.63, 3.8) is 0 Å². The highest BCUT2D eigenvalue weighted by atomic mass is 14.9. The fourth-order valence-electron chi connectivity index (χ4n) is 1.48. The summed E-state index contributed by atoms with van der Waals surface area (Å²) in [5.41, 5.74) is 1.20. The molecule has 2 nitrogen and oxygen atoms in total. The maximum absolute atomic E-state index is 4.56. The molecule has 1 saturated carbocycles. The Bertz CT molecular complexity index is 290. The van der Waals surface area contributed by atoms with Crippen LogP contribution in [0.5, 0.6) is 0 Å². The first kappa shape index (κ1) is 8.67. The predicted molar refractivity (Wildman–Crippen MR) is 52.5 cm³/mol. The number of hydrogen-bond donors (Lipinski definition) is 0. The molecule has 0 atom stereocenters. The summed E-state index contributed by atoms with van der Waals surface area (Å²) in [4.78, 5) is 8.86. The van der Waals surface area contributed by atoms with Crippen LogP contribution >= 0.6 is 0 Å². The molecule has 2 heteroatoms. The van der Waals surface area contributed by atoms with Crippen molar-refractivity contribution in [3.8, 4) is 0 Å². The van der Waals surface area contributed by atoms with Crippen molar-refractivity contribution in [2.24, 2.45) is 5.92 Å². The highest BCUT2D eigenvalue weighted by molar-refractivity contribution is 5.10. The second-order valence-electron chi connectivity index (χ2n) is 4.28. The van der Waals surface area contributed by atoms with E-state index in [4.69, 9.17) is 0 Å². The lowest BCUT2D eigenvalue weighted by Crippen LogP contribution is -2.01. The van der Waals surface area contributed by atoms with Crippen molar-refractivity contribution in [3.05, 3.63) is 23.8 Å². The number of rotatable bonds is 3. The Morgan fingerprint density at radius 2 is 2.23 bits per heavy atom. The molecule has 0 saturated heterocycles. The molecule has 13 heavy (non-hydrogen) atoms. The van der Waals surface area contributed by atoms with E-state index >= 15 is 0 Å². The van der Waals surface area contributed by atoms with E-state index in [1.165, 1.54) is 18.5 Å². The van der Waals surface area contributed by atoms with Crippen LogP contribution in [-0.4, -0.2) is 9.97 Å². The summed E-state index contributed by atoms with van der Waals surface area (Å²) in [5, 5.41) is 0. The number of aromatic nitrogens is 2. The molecule has 1 aliphatic carbocycles. The van der Waals surface area contributed by atoms with Crippen molar-refractivity contribution < 1.29 is 0 Å². The van der Waals surface area contributed by atoms with E-state index in [1.807, 2.05) is 12.3 Å². The van der Waals surface area contributed by atoms with E-state index in [9.17, 15) is 0 Å². The van der Waals surface area contributed by atoms with Crippen LogP contribution in [0.1, 0.15) is 44.1 Å². The molecule has 0 aliphatic heterocycles. The van der Waals surface area contributed by atoms with Gasteiger partial charge in [-0.1, -0.05) is 13.8 Å². The van der Waals surface area contributed by atoms with E-state index in [1.54, 1.807) is 0 Å². The lowest BCUT2D eigenvalue weighted by Gasteiger charge is -2.04. The van der Waals surface area contributed by atoms with Gasteiger partial charge >= 0.3 is 0 Å². The summed E-state index contributed by atoms with van der Waals surface area (Å²) in [6.07, 6.45) is 5.54. The quantitative estimate of drug-likeness (QED) is 0.707. The Hall–Kier alpha value is -0.920. The zero-order chi connectivity index (χ0) is 9.26. The fourth-order valence-corrected chi connectivity index (χ4v) is 1.48. The zero-order valence-corrected chi connectivity index (χ0v) is 8.33. The molecule has 1 fully saturated rings. The van der Waals surface area contributed by atoms with Gasteiger partial charge in [0.25, 0.3) is 0 Å². The summed E-state index contributed by atoms with van der Waals surface area (Å²) in [5.74, 6) is 2.42. The van der Waals surface area contributed by atoms with Crippen molar-refractivity contribution in [1.29, 1.82) is 0 Å². The van der Waals surface area contributed by atoms with Gasteiger partial charge in [0.05, 0.1) is 0 Å².